The van der Waals surface area contributed by atoms with Gasteiger partial charge in [-0.2, -0.15) is 10.4 Å². The number of H-pyrrole nitrogens is 1. The summed E-state index contributed by atoms with van der Waals surface area (Å²) in [5, 5.41) is 16.3. The van der Waals surface area contributed by atoms with Crippen LogP contribution in [0, 0.1) is 17.1 Å². The van der Waals surface area contributed by atoms with Gasteiger partial charge in [-0.05, 0) is 24.6 Å². The fourth-order valence-corrected chi connectivity index (χ4v) is 5.36. The van der Waals surface area contributed by atoms with Crippen molar-refractivity contribution in [3.05, 3.63) is 61.1 Å². The van der Waals surface area contributed by atoms with Gasteiger partial charge in [0.1, 0.15) is 22.7 Å². The summed E-state index contributed by atoms with van der Waals surface area (Å²) >= 11 is 0. The second-order valence-corrected chi connectivity index (χ2v) is 9.52. The number of nitrogens with zero attached hydrogens (tertiary/aromatic N) is 6. The van der Waals surface area contributed by atoms with Gasteiger partial charge in [0, 0.05) is 36.4 Å². The van der Waals surface area contributed by atoms with Crippen molar-refractivity contribution in [3.8, 4) is 17.3 Å². The van der Waals surface area contributed by atoms with E-state index in [1.54, 1.807) is 23.3 Å². The van der Waals surface area contributed by atoms with Gasteiger partial charge in [0.25, 0.3) is 10.0 Å². The third kappa shape index (κ3) is 3.76. The van der Waals surface area contributed by atoms with Crippen molar-refractivity contribution >= 4 is 21.1 Å². The van der Waals surface area contributed by atoms with E-state index in [1.807, 2.05) is 6.07 Å². The molecule has 5 rings (SSSR count). The predicted molar refractivity (Wildman–Crippen MR) is 116 cm³/mol. The zero-order chi connectivity index (χ0) is 23.1. The Bertz CT molecular complexity index is 1470. The summed E-state index contributed by atoms with van der Waals surface area (Å²) in [5.74, 6) is -0.829. The van der Waals surface area contributed by atoms with Crippen molar-refractivity contribution in [2.24, 2.45) is 0 Å². The molecule has 0 spiro atoms. The summed E-state index contributed by atoms with van der Waals surface area (Å²) in [6, 6.07) is 9.26. The number of aromatic nitrogens is 5. The summed E-state index contributed by atoms with van der Waals surface area (Å²) in [7, 11) is -4.11. The van der Waals surface area contributed by atoms with Crippen LogP contribution in [0.25, 0.3) is 22.3 Å². The Morgan fingerprint density at radius 3 is 2.94 bits per heavy atom. The number of hydrogen-bond donors (Lipinski definition) is 2. The number of hydrazine groups is 1. The number of nitrogens with one attached hydrogen (secondary N) is 2. The Balaban J connectivity index is 1.42. The van der Waals surface area contributed by atoms with Gasteiger partial charge in [-0.15, -0.1) is 4.83 Å². The van der Waals surface area contributed by atoms with Crippen LogP contribution in [0.2, 0.25) is 0 Å². The van der Waals surface area contributed by atoms with E-state index >= 15 is 0 Å². The molecule has 1 atom stereocenters. The van der Waals surface area contributed by atoms with Crippen molar-refractivity contribution in [1.82, 2.24) is 34.6 Å². The molecule has 0 amide bonds. The first kappa shape index (κ1) is 21.2. The van der Waals surface area contributed by atoms with Crippen molar-refractivity contribution in [2.45, 2.75) is 23.3 Å². The van der Waals surface area contributed by atoms with Gasteiger partial charge in [0.05, 0.1) is 29.9 Å². The van der Waals surface area contributed by atoms with E-state index in [0.717, 1.165) is 17.0 Å². The highest BCUT2D eigenvalue weighted by molar-refractivity contribution is 7.89. The minimum Gasteiger partial charge on any atom is -0.346 e. The van der Waals surface area contributed by atoms with Crippen LogP contribution in [0.3, 0.4) is 0 Å². The van der Waals surface area contributed by atoms with Crippen molar-refractivity contribution in [1.29, 1.82) is 5.26 Å². The van der Waals surface area contributed by atoms with Crippen LogP contribution in [-0.4, -0.2) is 51.2 Å². The molecule has 3 aromatic heterocycles. The molecule has 4 aromatic rings. The number of aromatic amines is 1. The van der Waals surface area contributed by atoms with Gasteiger partial charge in [-0.25, -0.2) is 27.8 Å². The van der Waals surface area contributed by atoms with E-state index in [0.29, 0.717) is 24.3 Å². The lowest BCUT2D eigenvalue weighted by atomic mass is 9.95. The number of sulfonamides is 1. The van der Waals surface area contributed by atoms with E-state index in [9.17, 15) is 18.1 Å². The summed E-state index contributed by atoms with van der Waals surface area (Å²) in [5.41, 5.74) is 1.41. The zero-order valence-corrected chi connectivity index (χ0v) is 18.1. The minimum absolute atomic E-state index is 0.120. The molecule has 4 heterocycles. The molecule has 12 heteroatoms. The Labute approximate surface area is 188 Å². The van der Waals surface area contributed by atoms with Crippen LogP contribution in [0.5, 0.6) is 0 Å². The lowest BCUT2D eigenvalue weighted by molar-refractivity contribution is 0.224. The van der Waals surface area contributed by atoms with Gasteiger partial charge >= 0.3 is 0 Å². The molecule has 33 heavy (non-hydrogen) atoms. The van der Waals surface area contributed by atoms with E-state index in [4.69, 9.17) is 0 Å². The number of benzene rings is 1. The Morgan fingerprint density at radius 1 is 1.27 bits per heavy atom. The smallest absolute Gasteiger partial charge is 0.256 e. The third-order valence-electron chi connectivity index (χ3n) is 5.81. The van der Waals surface area contributed by atoms with E-state index in [1.165, 1.54) is 29.5 Å². The van der Waals surface area contributed by atoms with Gasteiger partial charge < -0.3 is 4.98 Å². The molecule has 2 N–H and O–H groups in total. The number of nitriles is 1. The van der Waals surface area contributed by atoms with Crippen LogP contribution in [0.15, 0.2) is 60.1 Å². The molecular weight excluding hydrogens is 447 g/mol. The number of hydrogen-bond acceptors (Lipinski definition) is 7. The minimum atomic E-state index is -4.11. The molecule has 1 fully saturated rings. The van der Waals surface area contributed by atoms with Gasteiger partial charge in [-0.3, -0.25) is 4.68 Å². The van der Waals surface area contributed by atoms with Gasteiger partial charge in [0.2, 0.25) is 0 Å². The molecule has 1 aliphatic rings. The summed E-state index contributed by atoms with van der Waals surface area (Å²) < 4.78 is 41.1. The van der Waals surface area contributed by atoms with Crippen LogP contribution in [0.1, 0.15) is 12.8 Å². The Kier molecular flexibility index (Phi) is 5.16. The lowest BCUT2D eigenvalue weighted by Gasteiger charge is -2.27. The van der Waals surface area contributed by atoms with Crippen LogP contribution in [0.4, 0.5) is 4.39 Å². The molecular formula is C21H19FN8O2S. The largest absolute Gasteiger partial charge is 0.346 e. The number of fused-ring (bicyclic) bond motifs is 1. The second kappa shape index (κ2) is 8.04. The van der Waals surface area contributed by atoms with E-state index < -0.39 is 26.3 Å². The average Bonchev–Trinajstić information content (AvgIpc) is 3.54. The Morgan fingerprint density at radius 2 is 2.12 bits per heavy atom. The average molecular weight is 467 g/mol. The summed E-state index contributed by atoms with van der Waals surface area (Å²) in [6.45, 7) is 0.527. The van der Waals surface area contributed by atoms with Crippen LogP contribution in [-0.2, 0) is 15.6 Å². The normalized spacial score (nSPS) is 19.2. The van der Waals surface area contributed by atoms with Gasteiger partial charge in [0.15, 0.2) is 0 Å². The highest BCUT2D eigenvalue weighted by Crippen LogP contribution is 2.34. The first-order chi connectivity index (χ1) is 15.9. The maximum absolute atomic E-state index is 14.0. The second-order valence-electron chi connectivity index (χ2n) is 7.89. The van der Waals surface area contributed by atoms with E-state index in [2.05, 4.69) is 31.0 Å². The monoisotopic (exact) mass is 466 g/mol. The lowest BCUT2D eigenvalue weighted by Crippen LogP contribution is -2.44. The molecule has 1 aliphatic heterocycles. The van der Waals surface area contributed by atoms with E-state index in [-0.39, 0.29) is 13.0 Å². The molecule has 0 saturated carbocycles. The van der Waals surface area contributed by atoms with Crippen molar-refractivity contribution in [3.63, 3.8) is 0 Å². The topological polar surface area (TPSA) is 133 Å². The molecule has 1 aromatic carbocycles. The fraction of sp³-hybridized carbons (Fsp3) is 0.238. The first-order valence-corrected chi connectivity index (χ1v) is 11.6. The fourth-order valence-electron chi connectivity index (χ4n) is 4.18. The maximum Gasteiger partial charge on any atom is 0.256 e. The first-order valence-electron chi connectivity index (χ1n) is 10.1. The zero-order valence-electron chi connectivity index (χ0n) is 17.3. The SMILES string of the molecule is N#CCC1(n2cc(-c3ncnc4[nH]ccc34)cn2)CCN(NS(=O)(=O)c2ccccc2F)C1. The molecule has 0 bridgehead atoms. The number of halogens is 1. The summed E-state index contributed by atoms with van der Waals surface area (Å²) in [6.07, 6.45) is 7.31. The van der Waals surface area contributed by atoms with Crippen LogP contribution >= 0.6 is 0 Å². The summed E-state index contributed by atoms with van der Waals surface area (Å²) in [4.78, 5) is 13.6. The quantitative estimate of drug-likeness (QED) is 0.445. The molecule has 1 saturated heterocycles. The molecule has 168 valence electrons. The Hall–Kier alpha value is -3.66. The highest BCUT2D eigenvalue weighted by Gasteiger charge is 2.42. The highest BCUT2D eigenvalue weighted by atomic mass is 32.2. The maximum atomic E-state index is 14.0. The van der Waals surface area contributed by atoms with Crippen molar-refractivity contribution in [2.75, 3.05) is 13.1 Å². The van der Waals surface area contributed by atoms with Crippen molar-refractivity contribution < 1.29 is 12.8 Å². The molecule has 10 nitrogen and oxygen atoms in total. The third-order valence-corrected chi connectivity index (χ3v) is 7.22. The molecule has 1 unspecified atom stereocenters. The van der Waals surface area contributed by atoms with Crippen LogP contribution < -0.4 is 4.83 Å². The standard InChI is InChI=1S/C21H19FN8O2S/c22-17-3-1-2-4-18(17)33(31,32)28-29-10-7-21(13-29,6-8-23)30-12-15(11-27-30)19-16-5-9-24-20(16)26-14-25-19/h1-5,9,11-12,14,28H,6-7,10,13H2,(H,24,25,26). The predicted octanol–water partition coefficient (Wildman–Crippen LogP) is 2.17. The molecule has 0 aliphatic carbocycles. The molecule has 0 radical (unpaired) electrons. The number of rotatable bonds is 6. The van der Waals surface area contributed by atoms with Gasteiger partial charge in [-0.1, -0.05) is 12.1 Å².